The molecular weight excluding hydrogens is 154 g/mol. The fourth-order valence-electron chi connectivity index (χ4n) is 1.63. The highest BCUT2D eigenvalue weighted by Gasteiger charge is 2.17. The lowest BCUT2D eigenvalue weighted by Gasteiger charge is -2.12. The van der Waals surface area contributed by atoms with Crippen LogP contribution in [0.3, 0.4) is 0 Å². The second kappa shape index (κ2) is 4.45. The Morgan fingerprint density at radius 2 is 2.17 bits per heavy atom. The smallest absolute Gasteiger partial charge is 0.222 e. The van der Waals surface area contributed by atoms with Gasteiger partial charge in [0.2, 0.25) is 5.91 Å². The molecule has 0 heterocycles. The van der Waals surface area contributed by atoms with Gasteiger partial charge in [-0.1, -0.05) is 12.8 Å². The maximum atomic E-state index is 11.1. The van der Waals surface area contributed by atoms with Crippen molar-refractivity contribution in [1.29, 1.82) is 0 Å². The van der Waals surface area contributed by atoms with E-state index in [1.165, 1.54) is 12.8 Å². The summed E-state index contributed by atoms with van der Waals surface area (Å²) in [6.45, 7) is 1.63. The average molecular weight is 171 g/mol. The molecule has 12 heavy (non-hydrogen) atoms. The maximum Gasteiger partial charge on any atom is 0.222 e. The van der Waals surface area contributed by atoms with Gasteiger partial charge in [-0.3, -0.25) is 4.79 Å². The van der Waals surface area contributed by atoms with E-state index in [9.17, 15) is 4.79 Å². The molecule has 3 heteroatoms. The summed E-state index contributed by atoms with van der Waals surface area (Å²) in [5.74, 6) is -0.0168. The van der Waals surface area contributed by atoms with Crippen molar-refractivity contribution in [3.05, 3.63) is 0 Å². The molecule has 3 nitrogen and oxygen atoms in total. The summed E-state index contributed by atoms with van der Waals surface area (Å²) in [5.41, 5.74) is 0. The minimum Gasteiger partial charge on any atom is -0.393 e. The molecule has 0 aromatic heterocycles. The number of nitrogens with one attached hydrogen (secondary N) is 1. The largest absolute Gasteiger partial charge is 0.393 e. The molecule has 0 radical (unpaired) electrons. The predicted molar refractivity (Wildman–Crippen MR) is 46.7 cm³/mol. The highest BCUT2D eigenvalue weighted by molar-refractivity contribution is 5.76. The summed E-state index contributed by atoms with van der Waals surface area (Å²) >= 11 is 0. The van der Waals surface area contributed by atoms with Crippen molar-refractivity contribution in [1.82, 2.24) is 5.32 Å². The van der Waals surface area contributed by atoms with Crippen molar-refractivity contribution in [2.24, 2.45) is 0 Å². The van der Waals surface area contributed by atoms with Gasteiger partial charge in [0, 0.05) is 6.04 Å². The number of carbonyl (C=O) groups is 1. The molecule has 0 saturated heterocycles. The van der Waals surface area contributed by atoms with Crippen molar-refractivity contribution < 1.29 is 9.90 Å². The van der Waals surface area contributed by atoms with Gasteiger partial charge in [-0.05, 0) is 19.8 Å². The third-order valence-corrected chi connectivity index (χ3v) is 2.20. The van der Waals surface area contributed by atoms with Gasteiger partial charge in [0.15, 0.2) is 0 Å². The van der Waals surface area contributed by atoms with Crippen molar-refractivity contribution in [3.8, 4) is 0 Å². The Morgan fingerprint density at radius 3 is 2.67 bits per heavy atom. The van der Waals surface area contributed by atoms with E-state index in [-0.39, 0.29) is 12.3 Å². The van der Waals surface area contributed by atoms with Crippen molar-refractivity contribution in [2.45, 2.75) is 51.2 Å². The first kappa shape index (κ1) is 9.52. The first-order valence-corrected chi connectivity index (χ1v) is 4.66. The summed E-state index contributed by atoms with van der Waals surface area (Å²) in [6.07, 6.45) is 4.36. The molecule has 1 atom stereocenters. The predicted octanol–water partition coefficient (Wildman–Crippen LogP) is 0.816. The van der Waals surface area contributed by atoms with Gasteiger partial charge in [0.25, 0.3) is 0 Å². The number of hydrogen-bond acceptors (Lipinski definition) is 2. The van der Waals surface area contributed by atoms with Gasteiger partial charge in [-0.2, -0.15) is 0 Å². The van der Waals surface area contributed by atoms with E-state index in [0.717, 1.165) is 12.8 Å². The molecule has 70 valence electrons. The Morgan fingerprint density at radius 1 is 1.58 bits per heavy atom. The molecule has 0 aromatic rings. The fraction of sp³-hybridized carbons (Fsp3) is 0.889. The third kappa shape index (κ3) is 3.22. The van der Waals surface area contributed by atoms with Gasteiger partial charge >= 0.3 is 0 Å². The molecular formula is C9H17NO2. The van der Waals surface area contributed by atoms with Crippen molar-refractivity contribution in [2.75, 3.05) is 0 Å². The van der Waals surface area contributed by atoms with Crippen LogP contribution in [0, 0.1) is 0 Å². The Bertz CT molecular complexity index is 151. The van der Waals surface area contributed by atoms with Crippen LogP contribution in [-0.2, 0) is 4.79 Å². The summed E-state index contributed by atoms with van der Waals surface area (Å²) in [4.78, 5) is 11.1. The number of amides is 1. The van der Waals surface area contributed by atoms with Gasteiger partial charge in [0.05, 0.1) is 12.5 Å². The second-order valence-electron chi connectivity index (χ2n) is 3.60. The number of carbonyl (C=O) groups excluding carboxylic acids is 1. The monoisotopic (exact) mass is 171 g/mol. The SMILES string of the molecule is CC(O)CC(=O)NC1CCCC1. The van der Waals surface area contributed by atoms with E-state index in [1.807, 2.05) is 0 Å². The van der Waals surface area contributed by atoms with Crippen LogP contribution in [0.5, 0.6) is 0 Å². The highest BCUT2D eigenvalue weighted by Crippen LogP contribution is 2.17. The number of hydrogen-bond donors (Lipinski definition) is 2. The van der Waals surface area contributed by atoms with E-state index >= 15 is 0 Å². The van der Waals surface area contributed by atoms with Crippen LogP contribution >= 0.6 is 0 Å². The van der Waals surface area contributed by atoms with Crippen LogP contribution in [0.4, 0.5) is 0 Å². The summed E-state index contributed by atoms with van der Waals surface area (Å²) in [7, 11) is 0. The van der Waals surface area contributed by atoms with Crippen molar-refractivity contribution in [3.63, 3.8) is 0 Å². The van der Waals surface area contributed by atoms with Crippen LogP contribution in [0.15, 0.2) is 0 Å². The number of rotatable bonds is 3. The first-order valence-electron chi connectivity index (χ1n) is 4.66. The number of aliphatic hydroxyl groups is 1. The van der Waals surface area contributed by atoms with E-state index in [0.29, 0.717) is 6.04 Å². The van der Waals surface area contributed by atoms with E-state index in [4.69, 9.17) is 5.11 Å². The zero-order chi connectivity index (χ0) is 8.97. The Balaban J connectivity index is 2.16. The standard InChI is InChI=1S/C9H17NO2/c1-7(11)6-9(12)10-8-4-2-3-5-8/h7-8,11H,2-6H2,1H3,(H,10,12). The van der Waals surface area contributed by atoms with E-state index in [2.05, 4.69) is 5.32 Å². The lowest BCUT2D eigenvalue weighted by molar-refractivity contribution is -0.123. The fourth-order valence-corrected chi connectivity index (χ4v) is 1.63. The molecule has 0 bridgehead atoms. The Kier molecular flexibility index (Phi) is 3.53. The van der Waals surface area contributed by atoms with Gasteiger partial charge < -0.3 is 10.4 Å². The third-order valence-electron chi connectivity index (χ3n) is 2.20. The molecule has 1 fully saturated rings. The molecule has 2 N–H and O–H groups in total. The van der Waals surface area contributed by atoms with Crippen LogP contribution < -0.4 is 5.32 Å². The summed E-state index contributed by atoms with van der Waals surface area (Å²) in [5, 5.41) is 11.8. The normalized spacial score (nSPS) is 20.8. The topological polar surface area (TPSA) is 49.3 Å². The molecule has 1 saturated carbocycles. The summed E-state index contributed by atoms with van der Waals surface area (Å²) < 4.78 is 0. The molecule has 1 amide bonds. The zero-order valence-corrected chi connectivity index (χ0v) is 7.55. The van der Waals surface area contributed by atoms with Gasteiger partial charge in [-0.25, -0.2) is 0 Å². The zero-order valence-electron chi connectivity index (χ0n) is 7.55. The average Bonchev–Trinajstić information content (AvgIpc) is 2.37. The van der Waals surface area contributed by atoms with E-state index in [1.54, 1.807) is 6.92 Å². The molecule has 1 rings (SSSR count). The quantitative estimate of drug-likeness (QED) is 0.660. The minimum atomic E-state index is -0.522. The maximum absolute atomic E-state index is 11.1. The lowest BCUT2D eigenvalue weighted by atomic mass is 10.2. The van der Waals surface area contributed by atoms with Crippen LogP contribution in [0.25, 0.3) is 0 Å². The lowest BCUT2D eigenvalue weighted by Crippen LogP contribution is -2.34. The van der Waals surface area contributed by atoms with Crippen LogP contribution in [-0.4, -0.2) is 23.2 Å². The second-order valence-corrected chi connectivity index (χ2v) is 3.60. The molecule has 0 aliphatic heterocycles. The van der Waals surface area contributed by atoms with Crippen LogP contribution in [0.2, 0.25) is 0 Å². The molecule has 0 spiro atoms. The number of aliphatic hydroxyl groups excluding tert-OH is 1. The molecule has 1 unspecified atom stereocenters. The van der Waals surface area contributed by atoms with Gasteiger partial charge in [-0.15, -0.1) is 0 Å². The minimum absolute atomic E-state index is 0.0168. The van der Waals surface area contributed by atoms with E-state index < -0.39 is 6.10 Å². The molecule has 1 aliphatic rings. The molecule has 1 aliphatic carbocycles. The highest BCUT2D eigenvalue weighted by atomic mass is 16.3. The Hall–Kier alpha value is -0.570. The summed E-state index contributed by atoms with van der Waals surface area (Å²) in [6, 6.07) is 0.372. The molecule has 0 aromatic carbocycles. The Labute approximate surface area is 73.2 Å². The van der Waals surface area contributed by atoms with Gasteiger partial charge in [0.1, 0.15) is 0 Å². The van der Waals surface area contributed by atoms with Crippen LogP contribution in [0.1, 0.15) is 39.0 Å². The first-order chi connectivity index (χ1) is 5.68. The van der Waals surface area contributed by atoms with Crippen molar-refractivity contribution >= 4 is 5.91 Å².